The number of aromatic nitrogens is 2. The molecule has 138 valence electrons. The summed E-state index contributed by atoms with van der Waals surface area (Å²) in [6.45, 7) is 3.44. The molecule has 3 heterocycles. The summed E-state index contributed by atoms with van der Waals surface area (Å²) in [5, 5.41) is 0. The lowest BCUT2D eigenvalue weighted by atomic mass is 9.78. The van der Waals surface area contributed by atoms with Crippen LogP contribution in [-0.2, 0) is 18.9 Å². The van der Waals surface area contributed by atoms with Crippen molar-refractivity contribution in [2.75, 3.05) is 13.1 Å². The van der Waals surface area contributed by atoms with Crippen LogP contribution >= 0.6 is 0 Å². The highest BCUT2D eigenvalue weighted by molar-refractivity contribution is 5.95. The molecule has 1 amide bonds. The Kier molecular flexibility index (Phi) is 4.30. The SMILES string of the molecule is Cn1cc(C(=O)N2CC(C)(c3ccccn3)C2)cc1Cc1ccccc1F. The minimum absolute atomic E-state index is 0.0128. The van der Waals surface area contributed by atoms with Gasteiger partial charge in [-0.25, -0.2) is 4.39 Å². The third-order valence-electron chi connectivity index (χ3n) is 5.33. The van der Waals surface area contributed by atoms with Gasteiger partial charge in [0.25, 0.3) is 5.91 Å². The fourth-order valence-electron chi connectivity index (χ4n) is 3.74. The number of hydrogen-bond acceptors (Lipinski definition) is 2. The van der Waals surface area contributed by atoms with Crippen molar-refractivity contribution >= 4 is 5.91 Å². The number of halogens is 1. The first-order chi connectivity index (χ1) is 13.0. The molecule has 0 radical (unpaired) electrons. The van der Waals surface area contributed by atoms with Crippen LogP contribution in [0.1, 0.15) is 34.2 Å². The number of benzene rings is 1. The number of amides is 1. The Morgan fingerprint density at radius 2 is 1.93 bits per heavy atom. The molecule has 27 heavy (non-hydrogen) atoms. The van der Waals surface area contributed by atoms with Gasteiger partial charge in [-0.2, -0.15) is 0 Å². The van der Waals surface area contributed by atoms with Crippen molar-refractivity contribution in [2.45, 2.75) is 18.8 Å². The van der Waals surface area contributed by atoms with E-state index in [4.69, 9.17) is 0 Å². The van der Waals surface area contributed by atoms with Gasteiger partial charge in [0.15, 0.2) is 0 Å². The quantitative estimate of drug-likeness (QED) is 0.711. The number of carbonyl (C=O) groups excluding carboxylic acids is 1. The van der Waals surface area contributed by atoms with Crippen LogP contribution in [0, 0.1) is 5.82 Å². The van der Waals surface area contributed by atoms with Crippen molar-refractivity contribution in [2.24, 2.45) is 7.05 Å². The molecule has 0 saturated carbocycles. The van der Waals surface area contributed by atoms with Crippen molar-refractivity contribution in [3.63, 3.8) is 0 Å². The van der Waals surface area contributed by atoms with Gasteiger partial charge in [0.1, 0.15) is 5.82 Å². The summed E-state index contributed by atoms with van der Waals surface area (Å²) in [6, 6.07) is 14.5. The fraction of sp³-hybridized carbons (Fsp3) is 0.273. The molecule has 4 nitrogen and oxygen atoms in total. The van der Waals surface area contributed by atoms with E-state index in [0.29, 0.717) is 30.6 Å². The van der Waals surface area contributed by atoms with Crippen LogP contribution in [-0.4, -0.2) is 33.4 Å². The van der Waals surface area contributed by atoms with E-state index in [1.807, 2.05) is 53.0 Å². The zero-order valence-corrected chi connectivity index (χ0v) is 15.5. The predicted molar refractivity (Wildman–Crippen MR) is 102 cm³/mol. The summed E-state index contributed by atoms with van der Waals surface area (Å²) in [5.41, 5.74) is 3.11. The maximum atomic E-state index is 13.9. The topological polar surface area (TPSA) is 38.1 Å². The van der Waals surface area contributed by atoms with E-state index in [0.717, 1.165) is 11.4 Å². The van der Waals surface area contributed by atoms with Crippen LogP contribution in [0.5, 0.6) is 0 Å². The minimum Gasteiger partial charge on any atom is -0.353 e. The molecule has 0 aliphatic carbocycles. The second-order valence-corrected chi connectivity index (χ2v) is 7.54. The fourth-order valence-corrected chi connectivity index (χ4v) is 3.74. The molecule has 5 heteroatoms. The highest BCUT2D eigenvalue weighted by atomic mass is 19.1. The summed E-state index contributed by atoms with van der Waals surface area (Å²) < 4.78 is 15.8. The third-order valence-corrected chi connectivity index (χ3v) is 5.33. The molecule has 2 aromatic heterocycles. The summed E-state index contributed by atoms with van der Waals surface area (Å²) in [6.07, 6.45) is 4.08. The monoisotopic (exact) mass is 363 g/mol. The zero-order chi connectivity index (χ0) is 19.0. The molecule has 1 aliphatic heterocycles. The summed E-state index contributed by atoms with van der Waals surface area (Å²) in [5.74, 6) is -0.209. The van der Waals surface area contributed by atoms with Crippen LogP contribution in [0.4, 0.5) is 4.39 Å². The van der Waals surface area contributed by atoms with Crippen LogP contribution in [0.25, 0.3) is 0 Å². The predicted octanol–water partition coefficient (Wildman–Crippen LogP) is 3.56. The average Bonchev–Trinajstić information content (AvgIpc) is 3.02. The molecule has 0 atom stereocenters. The Hall–Kier alpha value is -2.95. The van der Waals surface area contributed by atoms with Gasteiger partial charge in [-0.1, -0.05) is 31.2 Å². The van der Waals surface area contributed by atoms with Gasteiger partial charge in [-0.05, 0) is 29.8 Å². The maximum absolute atomic E-state index is 13.9. The smallest absolute Gasteiger partial charge is 0.255 e. The van der Waals surface area contributed by atoms with Crippen LogP contribution in [0.2, 0.25) is 0 Å². The van der Waals surface area contributed by atoms with Crippen LogP contribution in [0.15, 0.2) is 60.9 Å². The standard InChI is InChI=1S/C22H22FN3O/c1-22(20-9-5-6-10-24-20)14-26(15-22)21(27)17-12-18(25(2)13-17)11-16-7-3-4-8-19(16)23/h3-10,12-13H,11,14-15H2,1-2H3. The Bertz CT molecular complexity index is 974. The van der Waals surface area contributed by atoms with E-state index in [-0.39, 0.29) is 17.1 Å². The summed E-state index contributed by atoms with van der Waals surface area (Å²) in [7, 11) is 1.89. The molecular weight excluding hydrogens is 341 g/mol. The average molecular weight is 363 g/mol. The van der Waals surface area contributed by atoms with E-state index in [1.54, 1.807) is 18.3 Å². The van der Waals surface area contributed by atoms with Crippen molar-refractivity contribution in [3.05, 3.63) is 89.3 Å². The number of pyridine rings is 1. The number of hydrogen-bond donors (Lipinski definition) is 0. The lowest BCUT2D eigenvalue weighted by molar-refractivity contribution is 0.0424. The minimum atomic E-state index is -0.222. The maximum Gasteiger partial charge on any atom is 0.255 e. The lowest BCUT2D eigenvalue weighted by Gasteiger charge is -2.47. The molecule has 0 N–H and O–H groups in total. The van der Waals surface area contributed by atoms with Crippen molar-refractivity contribution in [1.29, 1.82) is 0 Å². The van der Waals surface area contributed by atoms with Gasteiger partial charge in [0.2, 0.25) is 0 Å². The highest BCUT2D eigenvalue weighted by Crippen LogP contribution is 2.33. The Balaban J connectivity index is 1.47. The van der Waals surface area contributed by atoms with Gasteiger partial charge in [-0.3, -0.25) is 9.78 Å². The lowest BCUT2D eigenvalue weighted by Crippen LogP contribution is -2.59. The van der Waals surface area contributed by atoms with Crippen molar-refractivity contribution in [3.8, 4) is 0 Å². The largest absolute Gasteiger partial charge is 0.353 e. The first-order valence-corrected chi connectivity index (χ1v) is 9.06. The second-order valence-electron chi connectivity index (χ2n) is 7.54. The molecule has 4 rings (SSSR count). The second kappa shape index (κ2) is 6.65. The van der Waals surface area contributed by atoms with Gasteiger partial charge in [-0.15, -0.1) is 0 Å². The van der Waals surface area contributed by atoms with Gasteiger partial charge < -0.3 is 9.47 Å². The zero-order valence-electron chi connectivity index (χ0n) is 15.5. The number of rotatable bonds is 4. The van der Waals surface area contributed by atoms with Gasteiger partial charge in [0.05, 0.1) is 5.56 Å². The number of aryl methyl sites for hydroxylation is 1. The molecule has 1 fully saturated rings. The van der Waals surface area contributed by atoms with E-state index in [9.17, 15) is 9.18 Å². The third kappa shape index (κ3) is 3.25. The normalized spacial score (nSPS) is 15.4. The Labute approximate surface area is 158 Å². The summed E-state index contributed by atoms with van der Waals surface area (Å²) in [4.78, 5) is 19.1. The molecule has 0 spiro atoms. The van der Waals surface area contributed by atoms with Crippen LogP contribution < -0.4 is 0 Å². The number of nitrogens with zero attached hydrogens (tertiary/aromatic N) is 3. The molecular formula is C22H22FN3O. The van der Waals surface area contributed by atoms with Gasteiger partial charge >= 0.3 is 0 Å². The Morgan fingerprint density at radius 1 is 1.19 bits per heavy atom. The molecule has 1 aliphatic rings. The van der Waals surface area contributed by atoms with E-state index in [2.05, 4.69) is 11.9 Å². The van der Waals surface area contributed by atoms with E-state index in [1.165, 1.54) is 6.07 Å². The molecule has 1 aromatic carbocycles. The van der Waals surface area contributed by atoms with Gasteiger partial charge in [0, 0.05) is 55.8 Å². The van der Waals surface area contributed by atoms with Crippen molar-refractivity contribution in [1.82, 2.24) is 14.5 Å². The molecule has 3 aromatic rings. The first kappa shape index (κ1) is 17.5. The summed E-state index contributed by atoms with van der Waals surface area (Å²) >= 11 is 0. The highest BCUT2D eigenvalue weighted by Gasteiger charge is 2.43. The molecule has 0 bridgehead atoms. The van der Waals surface area contributed by atoms with E-state index < -0.39 is 0 Å². The molecule has 1 saturated heterocycles. The van der Waals surface area contributed by atoms with Crippen molar-refractivity contribution < 1.29 is 9.18 Å². The number of carbonyl (C=O) groups is 1. The number of likely N-dealkylation sites (tertiary alicyclic amines) is 1. The molecule has 0 unspecified atom stereocenters. The van der Waals surface area contributed by atoms with E-state index >= 15 is 0 Å². The van der Waals surface area contributed by atoms with Crippen LogP contribution in [0.3, 0.4) is 0 Å². The Morgan fingerprint density at radius 3 is 2.63 bits per heavy atom. The first-order valence-electron chi connectivity index (χ1n) is 9.06.